The fraction of sp³-hybridized carbons (Fsp3) is 0.381. The molecule has 2 aromatic rings. The lowest BCUT2D eigenvalue weighted by molar-refractivity contribution is -0.121. The van der Waals surface area contributed by atoms with Crippen molar-refractivity contribution in [3.63, 3.8) is 0 Å². The maximum absolute atomic E-state index is 14.7. The number of alkyl halides is 4. The molecule has 0 fully saturated rings. The zero-order valence-corrected chi connectivity index (χ0v) is 17.6. The van der Waals surface area contributed by atoms with Gasteiger partial charge in [0, 0.05) is 12.1 Å². The van der Waals surface area contributed by atoms with Crippen molar-refractivity contribution >= 4 is 29.1 Å². The second-order valence-electron chi connectivity index (χ2n) is 6.67. The Bertz CT molecular complexity index is 822. The number of carbonyl (C=O) groups is 1. The summed E-state index contributed by atoms with van der Waals surface area (Å²) in [6, 6.07) is 9.91. The van der Waals surface area contributed by atoms with Gasteiger partial charge in [0.1, 0.15) is 18.6 Å². The van der Waals surface area contributed by atoms with Crippen LogP contribution in [0.2, 0.25) is 0 Å². The molecule has 9 heteroatoms. The molecule has 0 aliphatic rings. The van der Waals surface area contributed by atoms with E-state index in [0.717, 1.165) is 11.6 Å². The average molecular weight is 463 g/mol. The Kier molecular flexibility index (Phi) is 9.91. The van der Waals surface area contributed by atoms with E-state index in [4.69, 9.17) is 23.2 Å². The normalized spacial score (nSPS) is 13.3. The van der Waals surface area contributed by atoms with Crippen molar-refractivity contribution in [3.05, 3.63) is 59.4 Å². The van der Waals surface area contributed by atoms with E-state index in [1.54, 1.807) is 12.1 Å². The highest BCUT2D eigenvalue weighted by Gasteiger charge is 2.25. The zero-order chi connectivity index (χ0) is 22.1. The van der Waals surface area contributed by atoms with E-state index < -0.39 is 35.4 Å². The van der Waals surface area contributed by atoms with Crippen molar-refractivity contribution in [2.75, 3.05) is 19.9 Å². The van der Waals surface area contributed by atoms with Gasteiger partial charge in [0.2, 0.25) is 0 Å². The highest BCUT2D eigenvalue weighted by atomic mass is 35.5. The zero-order valence-electron chi connectivity index (χ0n) is 16.1. The number of hydrogen-bond donors (Lipinski definition) is 3. The van der Waals surface area contributed by atoms with E-state index in [1.165, 1.54) is 12.1 Å². The molecule has 3 N–H and O–H groups in total. The van der Waals surface area contributed by atoms with E-state index in [0.29, 0.717) is 30.6 Å². The van der Waals surface area contributed by atoms with Crippen molar-refractivity contribution in [3.8, 4) is 11.1 Å². The van der Waals surface area contributed by atoms with Crippen LogP contribution in [0.4, 0.5) is 13.2 Å². The summed E-state index contributed by atoms with van der Waals surface area (Å²) in [6.45, 7) is -0.297. The second kappa shape index (κ2) is 12.2. The lowest BCUT2D eigenvalue weighted by atomic mass is 9.97. The predicted molar refractivity (Wildman–Crippen MR) is 112 cm³/mol. The Labute approximate surface area is 183 Å². The standard InChI is InChI=1S/C21H23Cl2F3N2O2/c22-20(23)21(30)28-18(11-25)19(29)15-6-7-16(17(26)10-15)14-4-2-13(3-5-14)12-27-9-1-8-24/h2-7,10,18-20,27,29H,1,8-9,11-12H2,(H,28,30). The third-order valence-corrected chi connectivity index (χ3v) is 4.89. The molecule has 0 saturated heterocycles. The van der Waals surface area contributed by atoms with Gasteiger partial charge < -0.3 is 15.7 Å². The van der Waals surface area contributed by atoms with Gasteiger partial charge in [0.05, 0.1) is 12.7 Å². The topological polar surface area (TPSA) is 61.4 Å². The van der Waals surface area contributed by atoms with Gasteiger partial charge in [-0.1, -0.05) is 59.6 Å². The van der Waals surface area contributed by atoms with Crippen LogP contribution in [-0.2, 0) is 11.3 Å². The Morgan fingerprint density at radius 2 is 1.80 bits per heavy atom. The van der Waals surface area contributed by atoms with Crippen molar-refractivity contribution in [1.82, 2.24) is 10.6 Å². The third kappa shape index (κ3) is 6.87. The highest BCUT2D eigenvalue weighted by molar-refractivity contribution is 6.53. The first-order valence-electron chi connectivity index (χ1n) is 9.35. The van der Waals surface area contributed by atoms with E-state index in [2.05, 4.69) is 10.6 Å². The number of benzene rings is 2. The molecule has 2 rings (SSSR count). The van der Waals surface area contributed by atoms with Gasteiger partial charge in [-0.15, -0.1) is 0 Å². The largest absolute Gasteiger partial charge is 0.386 e. The molecule has 0 aliphatic heterocycles. The van der Waals surface area contributed by atoms with Gasteiger partial charge in [0.15, 0.2) is 4.84 Å². The lowest BCUT2D eigenvalue weighted by Gasteiger charge is -2.22. The maximum Gasteiger partial charge on any atom is 0.253 e. The Balaban J connectivity index is 2.09. The summed E-state index contributed by atoms with van der Waals surface area (Å²) < 4.78 is 40.0. The molecule has 0 heterocycles. The number of carbonyl (C=O) groups excluding carboxylic acids is 1. The van der Waals surface area contributed by atoms with Crippen LogP contribution in [0.15, 0.2) is 42.5 Å². The van der Waals surface area contributed by atoms with Crippen LogP contribution < -0.4 is 10.6 Å². The summed E-state index contributed by atoms with van der Waals surface area (Å²) in [5.41, 5.74) is 2.02. The molecule has 0 aliphatic carbocycles. The summed E-state index contributed by atoms with van der Waals surface area (Å²) >= 11 is 10.8. The van der Waals surface area contributed by atoms with Crippen LogP contribution in [0.3, 0.4) is 0 Å². The number of rotatable bonds is 11. The molecule has 2 aromatic carbocycles. The van der Waals surface area contributed by atoms with Gasteiger partial charge in [0.25, 0.3) is 5.91 Å². The number of hydrogen-bond acceptors (Lipinski definition) is 3. The van der Waals surface area contributed by atoms with Crippen LogP contribution in [-0.4, -0.2) is 41.8 Å². The third-order valence-electron chi connectivity index (χ3n) is 4.49. The van der Waals surface area contributed by atoms with Crippen LogP contribution in [0, 0.1) is 5.82 Å². The summed E-state index contributed by atoms with van der Waals surface area (Å²) in [6.07, 6.45) is -1.03. The molecule has 164 valence electrons. The summed E-state index contributed by atoms with van der Waals surface area (Å²) in [4.78, 5) is 10.1. The Morgan fingerprint density at radius 3 is 2.37 bits per heavy atom. The van der Waals surface area contributed by atoms with Gasteiger partial charge >= 0.3 is 0 Å². The summed E-state index contributed by atoms with van der Waals surface area (Å²) in [7, 11) is 0. The number of nitrogens with one attached hydrogen (secondary N) is 2. The molecule has 0 saturated carbocycles. The van der Waals surface area contributed by atoms with Crippen molar-refractivity contribution in [1.29, 1.82) is 0 Å². The fourth-order valence-electron chi connectivity index (χ4n) is 2.86. The van der Waals surface area contributed by atoms with Gasteiger partial charge in [-0.25, -0.2) is 8.78 Å². The van der Waals surface area contributed by atoms with Crippen molar-refractivity contribution in [2.24, 2.45) is 0 Å². The average Bonchev–Trinajstić information content (AvgIpc) is 2.74. The highest BCUT2D eigenvalue weighted by Crippen LogP contribution is 2.27. The Morgan fingerprint density at radius 1 is 1.10 bits per heavy atom. The van der Waals surface area contributed by atoms with Gasteiger partial charge in [-0.3, -0.25) is 9.18 Å². The second-order valence-corrected chi connectivity index (χ2v) is 7.77. The molecule has 30 heavy (non-hydrogen) atoms. The molecular weight excluding hydrogens is 440 g/mol. The molecule has 2 atom stereocenters. The monoisotopic (exact) mass is 462 g/mol. The van der Waals surface area contributed by atoms with E-state index in [-0.39, 0.29) is 12.2 Å². The first-order chi connectivity index (χ1) is 14.4. The lowest BCUT2D eigenvalue weighted by Crippen LogP contribution is -2.43. The van der Waals surface area contributed by atoms with Crippen LogP contribution in [0.25, 0.3) is 11.1 Å². The van der Waals surface area contributed by atoms with Crippen LogP contribution in [0.1, 0.15) is 23.7 Å². The molecular formula is C21H23Cl2F3N2O2. The van der Waals surface area contributed by atoms with E-state index in [1.807, 2.05) is 12.1 Å². The van der Waals surface area contributed by atoms with Gasteiger partial charge in [-0.2, -0.15) is 0 Å². The summed E-state index contributed by atoms with van der Waals surface area (Å²) in [5, 5.41) is 15.6. The molecule has 0 aromatic heterocycles. The number of halogens is 5. The molecule has 4 nitrogen and oxygen atoms in total. The molecule has 0 bridgehead atoms. The number of aliphatic hydroxyl groups is 1. The number of amides is 1. The van der Waals surface area contributed by atoms with Crippen molar-refractivity contribution in [2.45, 2.75) is 29.9 Å². The van der Waals surface area contributed by atoms with Crippen LogP contribution in [0.5, 0.6) is 0 Å². The first-order valence-corrected chi connectivity index (χ1v) is 10.2. The molecule has 1 amide bonds. The molecule has 2 unspecified atom stereocenters. The smallest absolute Gasteiger partial charge is 0.253 e. The first kappa shape index (κ1) is 24.5. The minimum atomic E-state index is -1.48. The quantitative estimate of drug-likeness (QED) is 0.345. The van der Waals surface area contributed by atoms with E-state index in [9.17, 15) is 23.1 Å². The SMILES string of the molecule is O=C(NC(CF)C(O)c1ccc(-c2ccc(CNCCCF)cc2)c(F)c1)C(Cl)Cl. The molecule has 0 spiro atoms. The molecule has 0 radical (unpaired) electrons. The van der Waals surface area contributed by atoms with E-state index >= 15 is 0 Å². The Hall–Kier alpha value is -1.80. The minimum Gasteiger partial charge on any atom is -0.386 e. The number of aliphatic hydroxyl groups excluding tert-OH is 1. The minimum absolute atomic E-state index is 0.105. The summed E-state index contributed by atoms with van der Waals surface area (Å²) in [5.74, 6) is -1.45. The van der Waals surface area contributed by atoms with Crippen LogP contribution >= 0.6 is 23.2 Å². The van der Waals surface area contributed by atoms with Gasteiger partial charge in [-0.05, 0) is 35.7 Å². The van der Waals surface area contributed by atoms with Crippen molar-refractivity contribution < 1.29 is 23.1 Å². The predicted octanol–water partition coefficient (Wildman–Crippen LogP) is 4.23. The fourth-order valence-corrected chi connectivity index (χ4v) is 2.98. The maximum atomic E-state index is 14.7.